The summed E-state index contributed by atoms with van der Waals surface area (Å²) < 4.78 is 0. The fourth-order valence-corrected chi connectivity index (χ4v) is 2.57. The van der Waals surface area contributed by atoms with Gasteiger partial charge < -0.3 is 9.80 Å². The molecule has 88 valence electrons. The molecule has 2 saturated heterocycles. The Morgan fingerprint density at radius 3 is 1.62 bits per heavy atom. The van der Waals surface area contributed by atoms with E-state index in [9.17, 15) is 0 Å². The predicted molar refractivity (Wildman–Crippen MR) is 63.9 cm³/mol. The molecule has 0 unspecified atom stereocenters. The van der Waals surface area contributed by atoms with Gasteiger partial charge in [-0.25, -0.2) is 0 Å². The van der Waals surface area contributed by atoms with Crippen LogP contribution in [0.3, 0.4) is 0 Å². The van der Waals surface area contributed by atoms with Crippen LogP contribution in [-0.2, 0) is 0 Å². The van der Waals surface area contributed by atoms with Crippen LogP contribution in [0.1, 0.15) is 38.5 Å². The second-order valence-corrected chi connectivity index (χ2v) is 4.61. The Kier molecular flexibility index (Phi) is 4.03. The molecule has 2 heterocycles. The summed E-state index contributed by atoms with van der Waals surface area (Å²) in [5.74, 6) is 0.932. The van der Waals surface area contributed by atoms with Crippen LogP contribution in [0.4, 0.5) is 0 Å². The fraction of sp³-hybridized carbons (Fsp3) is 0.833. The van der Waals surface area contributed by atoms with Gasteiger partial charge in [0.15, 0.2) is 0 Å². The summed E-state index contributed by atoms with van der Waals surface area (Å²) in [7, 11) is 0. The third-order valence-corrected chi connectivity index (χ3v) is 3.43. The van der Waals surface area contributed by atoms with Crippen LogP contribution in [0, 0.1) is 11.5 Å². The van der Waals surface area contributed by atoms with E-state index < -0.39 is 0 Å². The molecule has 0 spiro atoms. The van der Waals surface area contributed by atoms with Crippen molar-refractivity contribution < 1.29 is 0 Å². The zero-order valence-electron chi connectivity index (χ0n) is 9.86. The zero-order valence-corrected chi connectivity index (χ0v) is 9.86. The summed E-state index contributed by atoms with van der Waals surface area (Å²) in [4.78, 5) is 8.62. The fourth-order valence-electron chi connectivity index (χ4n) is 2.57. The number of hydrogen-bond acceptors (Lipinski definition) is 2. The molecule has 0 radical (unpaired) electrons. The minimum atomic E-state index is 0.932. The van der Waals surface area contributed by atoms with E-state index in [-0.39, 0.29) is 0 Å². The highest BCUT2D eigenvalue weighted by molar-refractivity contribution is 5.81. The van der Waals surface area contributed by atoms with Gasteiger partial charge in [-0.3, -0.25) is 0 Å². The summed E-state index contributed by atoms with van der Waals surface area (Å²) in [6, 6.07) is 0. The first-order chi connectivity index (χ1) is 7.92. The quantitative estimate of drug-likeness (QED) is 0.355. The van der Waals surface area contributed by atoms with Gasteiger partial charge in [-0.1, -0.05) is 0 Å². The van der Waals surface area contributed by atoms with Crippen molar-refractivity contribution >= 4 is 5.96 Å². The summed E-state index contributed by atoms with van der Waals surface area (Å²) in [5.41, 5.74) is 0. The molecule has 0 aromatic rings. The average Bonchev–Trinajstić information content (AvgIpc) is 2.38. The molecule has 0 saturated carbocycles. The molecule has 0 N–H and O–H groups in total. The number of guanidine groups is 1. The highest BCUT2D eigenvalue weighted by Crippen LogP contribution is 2.15. The lowest BCUT2D eigenvalue weighted by atomic mass is 10.1. The van der Waals surface area contributed by atoms with Crippen LogP contribution in [0.2, 0.25) is 0 Å². The molecule has 0 atom stereocenters. The van der Waals surface area contributed by atoms with Gasteiger partial charge in [-0.15, -0.1) is 4.99 Å². The highest BCUT2D eigenvalue weighted by Gasteiger charge is 2.22. The van der Waals surface area contributed by atoms with E-state index >= 15 is 0 Å². The number of aliphatic imine (C=N–C) groups is 1. The smallest absolute Gasteiger partial charge is 0.212 e. The van der Waals surface area contributed by atoms with Crippen molar-refractivity contribution in [2.45, 2.75) is 38.5 Å². The molecule has 0 aromatic carbocycles. The molecular weight excluding hydrogens is 200 g/mol. The lowest BCUT2D eigenvalue weighted by Crippen LogP contribution is -2.48. The van der Waals surface area contributed by atoms with Crippen molar-refractivity contribution in [2.24, 2.45) is 4.99 Å². The lowest BCUT2D eigenvalue weighted by Gasteiger charge is -2.37. The van der Waals surface area contributed by atoms with E-state index in [0.717, 1.165) is 32.1 Å². The monoisotopic (exact) mass is 220 g/mol. The maximum Gasteiger partial charge on any atom is 0.212 e. The molecule has 0 bridgehead atoms. The number of nitrogens with zero attached hydrogens (tertiary/aromatic N) is 4. The Morgan fingerprint density at radius 2 is 1.25 bits per heavy atom. The van der Waals surface area contributed by atoms with Crippen molar-refractivity contribution in [3.8, 4) is 6.19 Å². The Hall–Kier alpha value is -1.24. The van der Waals surface area contributed by atoms with E-state index in [1.807, 2.05) is 6.19 Å². The van der Waals surface area contributed by atoms with Crippen LogP contribution in [0.5, 0.6) is 0 Å². The number of piperidine rings is 2. The van der Waals surface area contributed by atoms with E-state index in [2.05, 4.69) is 14.8 Å². The molecule has 4 nitrogen and oxygen atoms in total. The SMILES string of the molecule is N#CN=C(N1CCCCC1)N1CCCCC1. The number of nitriles is 1. The van der Waals surface area contributed by atoms with Gasteiger partial charge in [0.2, 0.25) is 12.2 Å². The first-order valence-electron chi connectivity index (χ1n) is 6.38. The molecule has 0 aromatic heterocycles. The second kappa shape index (κ2) is 5.74. The Bertz CT molecular complexity index is 260. The van der Waals surface area contributed by atoms with Crippen molar-refractivity contribution in [1.82, 2.24) is 9.80 Å². The number of rotatable bonds is 0. The van der Waals surface area contributed by atoms with Crippen LogP contribution < -0.4 is 0 Å². The standard InChI is InChI=1S/C12H20N4/c13-11-14-12(15-7-3-1-4-8-15)16-9-5-2-6-10-16/h1-10H2. The van der Waals surface area contributed by atoms with Gasteiger partial charge in [0, 0.05) is 26.2 Å². The van der Waals surface area contributed by atoms with Gasteiger partial charge in [-0.05, 0) is 38.5 Å². The third kappa shape index (κ3) is 2.66. The van der Waals surface area contributed by atoms with E-state index in [1.54, 1.807) is 0 Å². The largest absolute Gasteiger partial charge is 0.342 e. The Labute approximate surface area is 97.5 Å². The van der Waals surface area contributed by atoms with Crippen LogP contribution in [0.25, 0.3) is 0 Å². The molecule has 0 amide bonds. The third-order valence-electron chi connectivity index (χ3n) is 3.43. The number of likely N-dealkylation sites (tertiary alicyclic amines) is 2. The van der Waals surface area contributed by atoms with Crippen molar-refractivity contribution in [3.63, 3.8) is 0 Å². The van der Waals surface area contributed by atoms with Gasteiger partial charge in [0.1, 0.15) is 0 Å². The lowest BCUT2D eigenvalue weighted by molar-refractivity contribution is 0.257. The van der Waals surface area contributed by atoms with Gasteiger partial charge >= 0.3 is 0 Å². The Morgan fingerprint density at radius 1 is 0.812 bits per heavy atom. The van der Waals surface area contributed by atoms with Crippen LogP contribution >= 0.6 is 0 Å². The first kappa shape index (κ1) is 11.3. The summed E-state index contributed by atoms with van der Waals surface area (Å²) in [6.07, 6.45) is 9.54. The first-order valence-corrected chi connectivity index (χ1v) is 6.38. The maximum absolute atomic E-state index is 8.81. The summed E-state index contributed by atoms with van der Waals surface area (Å²) in [5, 5.41) is 8.81. The van der Waals surface area contributed by atoms with Gasteiger partial charge in [0.25, 0.3) is 0 Å². The van der Waals surface area contributed by atoms with Gasteiger partial charge in [-0.2, -0.15) is 5.26 Å². The topological polar surface area (TPSA) is 42.6 Å². The summed E-state index contributed by atoms with van der Waals surface area (Å²) in [6.45, 7) is 4.27. The molecule has 2 aliphatic rings. The van der Waals surface area contributed by atoms with E-state index in [1.165, 1.54) is 38.5 Å². The molecule has 2 fully saturated rings. The molecule has 2 rings (SSSR count). The normalized spacial score (nSPS) is 21.4. The van der Waals surface area contributed by atoms with Crippen LogP contribution in [-0.4, -0.2) is 41.9 Å². The van der Waals surface area contributed by atoms with Crippen molar-refractivity contribution in [3.05, 3.63) is 0 Å². The number of hydrogen-bond donors (Lipinski definition) is 0. The average molecular weight is 220 g/mol. The van der Waals surface area contributed by atoms with E-state index in [0.29, 0.717) is 0 Å². The summed E-state index contributed by atoms with van der Waals surface area (Å²) >= 11 is 0. The maximum atomic E-state index is 8.81. The molecule has 0 aliphatic carbocycles. The van der Waals surface area contributed by atoms with E-state index in [4.69, 9.17) is 5.26 Å². The van der Waals surface area contributed by atoms with Crippen molar-refractivity contribution in [1.29, 1.82) is 5.26 Å². The minimum absolute atomic E-state index is 0.932. The molecule has 4 heteroatoms. The Balaban J connectivity index is 2.03. The van der Waals surface area contributed by atoms with Crippen LogP contribution in [0.15, 0.2) is 4.99 Å². The minimum Gasteiger partial charge on any atom is -0.342 e. The van der Waals surface area contributed by atoms with Gasteiger partial charge in [0.05, 0.1) is 0 Å². The second-order valence-electron chi connectivity index (χ2n) is 4.61. The predicted octanol–water partition coefficient (Wildman–Crippen LogP) is 1.80. The zero-order chi connectivity index (χ0) is 11.2. The highest BCUT2D eigenvalue weighted by atomic mass is 15.4. The molecule has 16 heavy (non-hydrogen) atoms. The molecule has 2 aliphatic heterocycles. The van der Waals surface area contributed by atoms with Crippen molar-refractivity contribution in [2.75, 3.05) is 26.2 Å². The molecular formula is C12H20N4.